The number of nitrogens with two attached hydrogens (primary N) is 1. The molecule has 0 aliphatic carbocycles. The summed E-state index contributed by atoms with van der Waals surface area (Å²) in [7, 11) is 0. The van der Waals surface area contributed by atoms with Gasteiger partial charge in [-0.25, -0.2) is 0 Å². The molecule has 15 heavy (non-hydrogen) atoms. The number of carbonyl (C=O) groups is 2. The fourth-order valence-corrected chi connectivity index (χ4v) is 2.61. The van der Waals surface area contributed by atoms with E-state index in [2.05, 4.69) is 0 Å². The molecule has 1 rings (SSSR count). The van der Waals surface area contributed by atoms with E-state index in [0.717, 1.165) is 0 Å². The van der Waals surface area contributed by atoms with Crippen molar-refractivity contribution in [2.75, 3.05) is 0 Å². The van der Waals surface area contributed by atoms with Gasteiger partial charge in [-0.3, -0.25) is 9.59 Å². The number of rotatable bonds is 1. The molecule has 0 bridgehead atoms. The van der Waals surface area contributed by atoms with Crippen LogP contribution in [0, 0.1) is 0 Å². The second-order valence-electron chi connectivity index (χ2n) is 4.99. The normalized spacial score (nSPS) is 22.5. The zero-order chi connectivity index (χ0) is 12.0. The Morgan fingerprint density at radius 2 is 1.73 bits per heavy atom. The molecule has 0 aromatic rings. The van der Waals surface area contributed by atoms with Crippen molar-refractivity contribution in [1.82, 2.24) is 4.90 Å². The largest absolute Gasteiger partial charge is 0.366 e. The summed E-state index contributed by atoms with van der Waals surface area (Å²) in [6.45, 7) is 8.96. The predicted molar refractivity (Wildman–Crippen MR) is 58.0 cm³/mol. The first kappa shape index (κ1) is 11.8. The van der Waals surface area contributed by atoms with Gasteiger partial charge in [-0.1, -0.05) is 0 Å². The van der Waals surface area contributed by atoms with E-state index in [-0.39, 0.29) is 5.91 Å². The Labute approximate surface area is 90.1 Å². The van der Waals surface area contributed by atoms with Crippen LogP contribution in [0.1, 0.15) is 34.6 Å². The molecule has 2 amide bonds. The van der Waals surface area contributed by atoms with Gasteiger partial charge in [0.15, 0.2) is 0 Å². The van der Waals surface area contributed by atoms with Gasteiger partial charge in [-0.05, 0) is 33.8 Å². The van der Waals surface area contributed by atoms with Gasteiger partial charge in [-0.15, -0.1) is 0 Å². The van der Waals surface area contributed by atoms with E-state index >= 15 is 0 Å². The van der Waals surface area contributed by atoms with Crippen molar-refractivity contribution in [2.24, 2.45) is 5.73 Å². The van der Waals surface area contributed by atoms with Gasteiger partial charge in [0, 0.05) is 12.5 Å². The van der Waals surface area contributed by atoms with Crippen LogP contribution in [0.4, 0.5) is 0 Å². The third-order valence-electron chi connectivity index (χ3n) is 2.87. The molecule has 2 N–H and O–H groups in total. The monoisotopic (exact) mass is 210 g/mol. The summed E-state index contributed by atoms with van der Waals surface area (Å²) in [5, 5.41) is 0. The number of hydrogen-bond acceptors (Lipinski definition) is 2. The highest BCUT2D eigenvalue weighted by Crippen LogP contribution is 2.39. The zero-order valence-corrected chi connectivity index (χ0v) is 9.92. The number of carbonyl (C=O) groups excluding carboxylic acids is 2. The molecule has 1 aliphatic rings. The fourth-order valence-electron chi connectivity index (χ4n) is 2.61. The SMILES string of the molecule is CC(=O)N1C(C)(C)C=C(C(N)=O)C1(C)C. The third-order valence-corrected chi connectivity index (χ3v) is 2.87. The quantitative estimate of drug-likeness (QED) is 0.696. The Balaban J connectivity index is 3.29. The molecule has 0 radical (unpaired) electrons. The summed E-state index contributed by atoms with van der Waals surface area (Å²) in [5.74, 6) is -0.519. The summed E-state index contributed by atoms with van der Waals surface area (Å²) in [6.07, 6.45) is 1.77. The van der Waals surface area contributed by atoms with Crippen molar-refractivity contribution in [3.63, 3.8) is 0 Å². The topological polar surface area (TPSA) is 63.4 Å². The van der Waals surface area contributed by atoms with Crippen LogP contribution in [0.5, 0.6) is 0 Å². The van der Waals surface area contributed by atoms with Gasteiger partial charge in [0.25, 0.3) is 0 Å². The van der Waals surface area contributed by atoms with Crippen LogP contribution in [-0.4, -0.2) is 27.8 Å². The maximum atomic E-state index is 11.6. The summed E-state index contributed by atoms with van der Waals surface area (Å²) in [5.41, 5.74) is 4.73. The highest BCUT2D eigenvalue weighted by molar-refractivity contribution is 5.97. The average Bonchev–Trinajstić information content (AvgIpc) is 2.15. The second-order valence-corrected chi connectivity index (χ2v) is 4.99. The van der Waals surface area contributed by atoms with Crippen LogP contribution in [0.2, 0.25) is 0 Å². The zero-order valence-electron chi connectivity index (χ0n) is 9.92. The van der Waals surface area contributed by atoms with Crippen molar-refractivity contribution >= 4 is 11.8 Å². The standard InChI is InChI=1S/C11H18N2O2/c1-7(14)13-10(2,3)6-8(9(12)15)11(13,4)5/h6H,1-5H3,(H2,12,15). The highest BCUT2D eigenvalue weighted by atomic mass is 16.2. The van der Waals surface area contributed by atoms with Crippen LogP contribution >= 0.6 is 0 Å². The minimum atomic E-state index is -0.624. The van der Waals surface area contributed by atoms with Crippen molar-refractivity contribution in [1.29, 1.82) is 0 Å². The molecule has 0 aromatic carbocycles. The molecule has 0 atom stereocenters. The second kappa shape index (κ2) is 3.08. The predicted octanol–water partition coefficient (Wildman–Crippen LogP) is 0.817. The molecule has 0 saturated carbocycles. The van der Waals surface area contributed by atoms with Crippen LogP contribution < -0.4 is 5.73 Å². The van der Waals surface area contributed by atoms with Crippen LogP contribution in [0.25, 0.3) is 0 Å². The average molecular weight is 210 g/mol. The molecular weight excluding hydrogens is 192 g/mol. The summed E-state index contributed by atoms with van der Waals surface area (Å²) >= 11 is 0. The lowest BCUT2D eigenvalue weighted by Gasteiger charge is -2.41. The van der Waals surface area contributed by atoms with Crippen LogP contribution in [-0.2, 0) is 9.59 Å². The van der Waals surface area contributed by atoms with E-state index in [1.807, 2.05) is 27.7 Å². The molecule has 0 saturated heterocycles. The Bertz CT molecular complexity index is 354. The number of primary amides is 1. The summed E-state index contributed by atoms with van der Waals surface area (Å²) in [4.78, 5) is 24.6. The van der Waals surface area contributed by atoms with Gasteiger partial charge in [-0.2, -0.15) is 0 Å². The first-order valence-corrected chi connectivity index (χ1v) is 4.95. The van der Waals surface area contributed by atoms with E-state index in [4.69, 9.17) is 5.73 Å². The lowest BCUT2D eigenvalue weighted by Crippen LogP contribution is -2.53. The van der Waals surface area contributed by atoms with Crippen molar-refractivity contribution in [3.05, 3.63) is 11.6 Å². The molecule has 0 aromatic heterocycles. The molecule has 0 unspecified atom stereocenters. The molecule has 1 aliphatic heterocycles. The lowest BCUT2D eigenvalue weighted by molar-refractivity contribution is -0.136. The van der Waals surface area contributed by atoms with E-state index in [1.165, 1.54) is 6.92 Å². The van der Waals surface area contributed by atoms with Gasteiger partial charge in [0.05, 0.1) is 11.1 Å². The Hall–Kier alpha value is -1.32. The molecule has 84 valence electrons. The van der Waals surface area contributed by atoms with Crippen molar-refractivity contribution in [3.8, 4) is 0 Å². The molecule has 0 fully saturated rings. The van der Waals surface area contributed by atoms with Gasteiger partial charge >= 0.3 is 0 Å². The lowest BCUT2D eigenvalue weighted by atomic mass is 9.95. The summed E-state index contributed by atoms with van der Waals surface area (Å²) in [6, 6.07) is 0. The fraction of sp³-hybridized carbons (Fsp3) is 0.636. The smallest absolute Gasteiger partial charge is 0.246 e. The van der Waals surface area contributed by atoms with E-state index in [0.29, 0.717) is 5.57 Å². The van der Waals surface area contributed by atoms with Gasteiger partial charge in [0.1, 0.15) is 0 Å². The van der Waals surface area contributed by atoms with Gasteiger partial charge in [0.2, 0.25) is 11.8 Å². The van der Waals surface area contributed by atoms with E-state index < -0.39 is 17.0 Å². The van der Waals surface area contributed by atoms with E-state index in [9.17, 15) is 9.59 Å². The maximum Gasteiger partial charge on any atom is 0.246 e. The molecule has 4 heteroatoms. The van der Waals surface area contributed by atoms with Crippen LogP contribution in [0.3, 0.4) is 0 Å². The maximum absolute atomic E-state index is 11.6. The Kier molecular flexibility index (Phi) is 2.42. The van der Waals surface area contributed by atoms with Crippen LogP contribution in [0.15, 0.2) is 11.6 Å². The minimum absolute atomic E-state index is 0.0579. The molecular formula is C11H18N2O2. The summed E-state index contributed by atoms with van der Waals surface area (Å²) < 4.78 is 0. The molecule has 4 nitrogen and oxygen atoms in total. The molecule has 1 heterocycles. The Morgan fingerprint density at radius 3 is 1.93 bits per heavy atom. The highest BCUT2D eigenvalue weighted by Gasteiger charge is 2.48. The van der Waals surface area contributed by atoms with Crippen molar-refractivity contribution < 1.29 is 9.59 Å². The first-order chi connectivity index (χ1) is 6.60. The first-order valence-electron chi connectivity index (χ1n) is 4.95. The number of nitrogens with zero attached hydrogens (tertiary/aromatic N) is 1. The van der Waals surface area contributed by atoms with Gasteiger partial charge < -0.3 is 10.6 Å². The third kappa shape index (κ3) is 1.64. The molecule has 0 spiro atoms. The minimum Gasteiger partial charge on any atom is -0.366 e. The van der Waals surface area contributed by atoms with Crippen molar-refractivity contribution in [2.45, 2.75) is 45.7 Å². The van der Waals surface area contributed by atoms with E-state index in [1.54, 1.807) is 11.0 Å². The number of amides is 2. The number of hydrogen-bond donors (Lipinski definition) is 1. The Morgan fingerprint density at radius 1 is 1.27 bits per heavy atom.